The van der Waals surface area contributed by atoms with E-state index < -0.39 is 0 Å². The molecule has 0 saturated carbocycles. The molecule has 0 aromatic carbocycles. The fraction of sp³-hybridized carbons (Fsp3) is 0.538. The Labute approximate surface area is 101 Å². The van der Waals surface area contributed by atoms with Gasteiger partial charge in [-0.1, -0.05) is 13.0 Å². The van der Waals surface area contributed by atoms with Crippen molar-refractivity contribution in [3.8, 4) is 0 Å². The second kappa shape index (κ2) is 4.45. The van der Waals surface area contributed by atoms with E-state index in [2.05, 4.69) is 21.9 Å². The van der Waals surface area contributed by atoms with Crippen molar-refractivity contribution in [2.24, 2.45) is 5.92 Å². The summed E-state index contributed by atoms with van der Waals surface area (Å²) in [5.41, 5.74) is 0.952. The molecule has 1 aliphatic rings. The van der Waals surface area contributed by atoms with Gasteiger partial charge in [0.2, 0.25) is 0 Å². The van der Waals surface area contributed by atoms with E-state index >= 15 is 0 Å². The Morgan fingerprint density at radius 1 is 1.41 bits per heavy atom. The molecule has 0 spiro atoms. The molecule has 90 valence electrons. The maximum atomic E-state index is 4.56. The Kier molecular flexibility index (Phi) is 2.81. The molecule has 0 aliphatic carbocycles. The van der Waals surface area contributed by atoms with Crippen LogP contribution in [-0.4, -0.2) is 39.1 Å². The summed E-state index contributed by atoms with van der Waals surface area (Å²) in [5.74, 6) is 1.71. The van der Waals surface area contributed by atoms with Gasteiger partial charge in [-0.3, -0.25) is 0 Å². The lowest BCUT2D eigenvalue weighted by molar-refractivity contribution is 0.341. The third-order valence-corrected chi connectivity index (χ3v) is 3.57. The zero-order chi connectivity index (χ0) is 11.7. The SMILES string of the molecule is CCN1CCC(Cc2nc3ccccn3n2)C1. The third kappa shape index (κ3) is 2.17. The Morgan fingerprint density at radius 2 is 2.35 bits per heavy atom. The quantitative estimate of drug-likeness (QED) is 0.803. The first-order chi connectivity index (χ1) is 8.35. The van der Waals surface area contributed by atoms with E-state index in [1.807, 2.05) is 28.9 Å². The summed E-state index contributed by atoms with van der Waals surface area (Å²) in [7, 11) is 0. The van der Waals surface area contributed by atoms with E-state index in [9.17, 15) is 0 Å². The van der Waals surface area contributed by atoms with Crippen LogP contribution in [0.1, 0.15) is 19.2 Å². The lowest BCUT2D eigenvalue weighted by Gasteiger charge is -2.11. The molecule has 17 heavy (non-hydrogen) atoms. The average molecular weight is 230 g/mol. The molecule has 4 nitrogen and oxygen atoms in total. The van der Waals surface area contributed by atoms with Crippen molar-refractivity contribution in [2.75, 3.05) is 19.6 Å². The number of pyridine rings is 1. The molecule has 0 N–H and O–H groups in total. The van der Waals surface area contributed by atoms with Crippen LogP contribution in [0.3, 0.4) is 0 Å². The number of rotatable bonds is 3. The minimum Gasteiger partial charge on any atom is -0.303 e. The fourth-order valence-corrected chi connectivity index (χ4v) is 2.59. The van der Waals surface area contributed by atoms with Crippen molar-refractivity contribution in [1.82, 2.24) is 19.5 Å². The molecule has 1 atom stereocenters. The van der Waals surface area contributed by atoms with Crippen molar-refractivity contribution in [3.05, 3.63) is 30.2 Å². The number of nitrogens with zero attached hydrogens (tertiary/aromatic N) is 4. The van der Waals surface area contributed by atoms with Crippen LogP contribution in [0.15, 0.2) is 24.4 Å². The second-order valence-electron chi connectivity index (χ2n) is 4.78. The molecule has 4 heteroatoms. The molecule has 1 fully saturated rings. The summed E-state index contributed by atoms with van der Waals surface area (Å²) in [6, 6.07) is 5.99. The number of hydrogen-bond acceptors (Lipinski definition) is 3. The van der Waals surface area contributed by atoms with Gasteiger partial charge in [0.15, 0.2) is 11.5 Å². The summed E-state index contributed by atoms with van der Waals surface area (Å²) in [6.07, 6.45) is 4.25. The summed E-state index contributed by atoms with van der Waals surface area (Å²) in [5, 5.41) is 4.51. The van der Waals surface area contributed by atoms with Crippen LogP contribution in [-0.2, 0) is 6.42 Å². The van der Waals surface area contributed by atoms with Gasteiger partial charge in [-0.25, -0.2) is 9.50 Å². The average Bonchev–Trinajstić information content (AvgIpc) is 2.94. The van der Waals surface area contributed by atoms with Gasteiger partial charge < -0.3 is 4.90 Å². The van der Waals surface area contributed by atoms with Crippen molar-refractivity contribution in [2.45, 2.75) is 19.8 Å². The summed E-state index contributed by atoms with van der Waals surface area (Å²) in [4.78, 5) is 7.06. The molecule has 1 saturated heterocycles. The van der Waals surface area contributed by atoms with Crippen molar-refractivity contribution >= 4 is 5.65 Å². The Balaban J connectivity index is 1.73. The first-order valence-electron chi connectivity index (χ1n) is 6.38. The first kappa shape index (κ1) is 10.7. The summed E-state index contributed by atoms with van der Waals surface area (Å²) >= 11 is 0. The van der Waals surface area contributed by atoms with Crippen LogP contribution in [0.4, 0.5) is 0 Å². The van der Waals surface area contributed by atoms with Crippen LogP contribution in [0.5, 0.6) is 0 Å². The minimum absolute atomic E-state index is 0.729. The smallest absolute Gasteiger partial charge is 0.155 e. The van der Waals surface area contributed by atoms with E-state index in [1.165, 1.54) is 19.5 Å². The number of fused-ring (bicyclic) bond motifs is 1. The molecule has 1 aliphatic heterocycles. The Bertz CT molecular complexity index is 472. The van der Waals surface area contributed by atoms with Crippen LogP contribution in [0, 0.1) is 5.92 Å². The van der Waals surface area contributed by atoms with Gasteiger partial charge >= 0.3 is 0 Å². The first-order valence-corrected chi connectivity index (χ1v) is 6.38. The van der Waals surface area contributed by atoms with Gasteiger partial charge in [-0.2, -0.15) is 5.10 Å². The van der Waals surface area contributed by atoms with Gasteiger partial charge in [0.1, 0.15) is 0 Å². The van der Waals surface area contributed by atoms with Gasteiger partial charge in [0.25, 0.3) is 0 Å². The molecule has 2 aromatic rings. The maximum Gasteiger partial charge on any atom is 0.155 e. The van der Waals surface area contributed by atoms with Crippen molar-refractivity contribution in [3.63, 3.8) is 0 Å². The largest absolute Gasteiger partial charge is 0.303 e. The zero-order valence-electron chi connectivity index (χ0n) is 10.2. The lowest BCUT2D eigenvalue weighted by Crippen LogP contribution is -2.20. The van der Waals surface area contributed by atoms with Crippen LogP contribution >= 0.6 is 0 Å². The number of aromatic nitrogens is 3. The zero-order valence-corrected chi connectivity index (χ0v) is 10.2. The number of hydrogen-bond donors (Lipinski definition) is 0. The van der Waals surface area contributed by atoms with Crippen molar-refractivity contribution in [1.29, 1.82) is 0 Å². The molecule has 2 aromatic heterocycles. The highest BCUT2D eigenvalue weighted by Gasteiger charge is 2.22. The molecule has 0 bridgehead atoms. The van der Waals surface area contributed by atoms with Gasteiger partial charge in [-0.15, -0.1) is 0 Å². The van der Waals surface area contributed by atoms with E-state index in [4.69, 9.17) is 0 Å². The van der Waals surface area contributed by atoms with E-state index in [0.29, 0.717) is 0 Å². The van der Waals surface area contributed by atoms with Crippen LogP contribution in [0.2, 0.25) is 0 Å². The van der Waals surface area contributed by atoms with E-state index in [0.717, 1.165) is 30.4 Å². The summed E-state index contributed by atoms with van der Waals surface area (Å²) in [6.45, 7) is 5.82. The van der Waals surface area contributed by atoms with Gasteiger partial charge in [0.05, 0.1) is 0 Å². The van der Waals surface area contributed by atoms with Gasteiger partial charge in [0, 0.05) is 19.2 Å². The predicted molar refractivity (Wildman–Crippen MR) is 66.9 cm³/mol. The normalized spacial score (nSPS) is 21.4. The highest BCUT2D eigenvalue weighted by atomic mass is 15.3. The lowest BCUT2D eigenvalue weighted by atomic mass is 10.1. The highest BCUT2D eigenvalue weighted by molar-refractivity contribution is 5.36. The van der Waals surface area contributed by atoms with E-state index in [1.54, 1.807) is 0 Å². The summed E-state index contributed by atoms with van der Waals surface area (Å²) < 4.78 is 1.86. The Morgan fingerprint density at radius 3 is 3.12 bits per heavy atom. The Hall–Kier alpha value is -1.42. The molecule has 0 amide bonds. The maximum absolute atomic E-state index is 4.56. The predicted octanol–water partition coefficient (Wildman–Crippen LogP) is 1.61. The standard InChI is InChI=1S/C13H18N4/c1-2-16-8-6-11(10-16)9-12-14-13-5-3-4-7-17(13)15-12/h3-5,7,11H,2,6,8-10H2,1H3. The topological polar surface area (TPSA) is 33.4 Å². The highest BCUT2D eigenvalue weighted by Crippen LogP contribution is 2.19. The van der Waals surface area contributed by atoms with E-state index in [-0.39, 0.29) is 0 Å². The molecule has 3 heterocycles. The minimum atomic E-state index is 0.729. The molecule has 0 radical (unpaired) electrons. The second-order valence-corrected chi connectivity index (χ2v) is 4.78. The fourth-order valence-electron chi connectivity index (χ4n) is 2.59. The molecular weight excluding hydrogens is 212 g/mol. The monoisotopic (exact) mass is 230 g/mol. The third-order valence-electron chi connectivity index (χ3n) is 3.57. The molecule has 1 unspecified atom stereocenters. The van der Waals surface area contributed by atoms with Crippen LogP contribution < -0.4 is 0 Å². The number of likely N-dealkylation sites (tertiary alicyclic amines) is 1. The van der Waals surface area contributed by atoms with Crippen LogP contribution in [0.25, 0.3) is 5.65 Å². The molecule has 3 rings (SSSR count). The molecular formula is C13H18N4. The van der Waals surface area contributed by atoms with Crippen molar-refractivity contribution < 1.29 is 0 Å². The van der Waals surface area contributed by atoms with Gasteiger partial charge in [-0.05, 0) is 37.6 Å².